The second kappa shape index (κ2) is 12.4. The van der Waals surface area contributed by atoms with E-state index in [4.69, 9.17) is 11.2 Å². The van der Waals surface area contributed by atoms with Crippen molar-refractivity contribution in [1.82, 2.24) is 15.5 Å². The van der Waals surface area contributed by atoms with Crippen LogP contribution in [-0.4, -0.2) is 46.7 Å². The highest BCUT2D eigenvalue weighted by Gasteiger charge is 2.36. The number of hydrogen-bond acceptors (Lipinski definition) is 5. The van der Waals surface area contributed by atoms with Crippen molar-refractivity contribution in [2.45, 2.75) is 72.1 Å². The van der Waals surface area contributed by atoms with Gasteiger partial charge in [-0.05, 0) is 57.7 Å². The standard InChI is InChI=1S/C24H35N3O4S/c1-8-10-14-25-21(28)20(19-16(3)12-11-13-17(19)4)27(9-2)22(29)18(15-32)26-23(30)31-24(5,6)7/h2,11-13,18,20,32H,8,10,14-15H2,1,3-7H3,(H,25,28)(H,26,30). The smallest absolute Gasteiger partial charge is 0.408 e. The van der Waals surface area contributed by atoms with E-state index in [-0.39, 0.29) is 11.7 Å². The van der Waals surface area contributed by atoms with Crippen LogP contribution in [0.5, 0.6) is 0 Å². The summed E-state index contributed by atoms with van der Waals surface area (Å²) in [5.74, 6) is -1.02. The van der Waals surface area contributed by atoms with Crippen LogP contribution in [-0.2, 0) is 14.3 Å². The van der Waals surface area contributed by atoms with Gasteiger partial charge in [-0.15, -0.1) is 0 Å². The number of hydrogen-bond donors (Lipinski definition) is 3. The molecule has 8 heteroatoms. The number of ether oxygens (including phenoxy) is 1. The Morgan fingerprint density at radius 2 is 1.81 bits per heavy atom. The first-order chi connectivity index (χ1) is 15.0. The number of aryl methyl sites for hydroxylation is 2. The molecule has 1 aromatic carbocycles. The van der Waals surface area contributed by atoms with Gasteiger partial charge in [0.15, 0.2) is 0 Å². The van der Waals surface area contributed by atoms with Crippen LogP contribution in [0.2, 0.25) is 0 Å². The molecule has 176 valence electrons. The van der Waals surface area contributed by atoms with Gasteiger partial charge in [0.05, 0.1) is 0 Å². The largest absolute Gasteiger partial charge is 0.444 e. The van der Waals surface area contributed by atoms with Crippen LogP contribution in [0.1, 0.15) is 63.3 Å². The highest BCUT2D eigenvalue weighted by atomic mass is 32.1. The predicted molar refractivity (Wildman–Crippen MR) is 129 cm³/mol. The zero-order chi connectivity index (χ0) is 24.5. The molecule has 32 heavy (non-hydrogen) atoms. The van der Waals surface area contributed by atoms with Crippen molar-refractivity contribution in [1.29, 1.82) is 0 Å². The van der Waals surface area contributed by atoms with Gasteiger partial charge < -0.3 is 15.4 Å². The lowest BCUT2D eigenvalue weighted by molar-refractivity contribution is -0.138. The van der Waals surface area contributed by atoms with Crippen molar-refractivity contribution in [2.75, 3.05) is 12.3 Å². The Kier molecular flexibility index (Phi) is 10.6. The number of nitrogens with one attached hydrogen (secondary N) is 2. The summed E-state index contributed by atoms with van der Waals surface area (Å²) in [6.45, 7) is 11.4. The average molecular weight is 462 g/mol. The molecule has 0 bridgehead atoms. The van der Waals surface area contributed by atoms with Gasteiger partial charge in [-0.1, -0.05) is 38.0 Å². The number of benzene rings is 1. The van der Waals surface area contributed by atoms with Crippen molar-refractivity contribution in [3.8, 4) is 12.5 Å². The van der Waals surface area contributed by atoms with Gasteiger partial charge >= 0.3 is 6.09 Å². The third-order valence-corrected chi connectivity index (χ3v) is 5.06. The summed E-state index contributed by atoms with van der Waals surface area (Å²) in [6, 6.07) is 5.85. The highest BCUT2D eigenvalue weighted by molar-refractivity contribution is 7.80. The quantitative estimate of drug-likeness (QED) is 0.227. The molecule has 0 heterocycles. The summed E-state index contributed by atoms with van der Waals surface area (Å²) in [5, 5.41) is 5.38. The number of carbonyl (C=O) groups is 3. The van der Waals surface area contributed by atoms with Crippen LogP contribution in [0, 0.1) is 26.3 Å². The van der Waals surface area contributed by atoms with Gasteiger partial charge in [-0.3, -0.25) is 14.5 Å². The summed E-state index contributed by atoms with van der Waals surface area (Å²) >= 11 is 4.20. The molecule has 0 radical (unpaired) electrons. The number of unbranched alkanes of at least 4 members (excludes halogenated alkanes) is 1. The minimum atomic E-state index is -1.07. The molecule has 0 aromatic heterocycles. The fraction of sp³-hybridized carbons (Fsp3) is 0.542. The summed E-state index contributed by atoms with van der Waals surface area (Å²) < 4.78 is 5.24. The van der Waals surface area contributed by atoms with E-state index in [0.29, 0.717) is 12.1 Å². The Hall–Kier alpha value is -2.66. The summed E-state index contributed by atoms with van der Waals surface area (Å²) in [7, 11) is 0. The fourth-order valence-corrected chi connectivity index (χ4v) is 3.44. The van der Waals surface area contributed by atoms with Crippen molar-refractivity contribution in [2.24, 2.45) is 0 Å². The number of terminal acetylenes is 1. The second-order valence-corrected chi connectivity index (χ2v) is 8.94. The van der Waals surface area contributed by atoms with E-state index in [1.807, 2.05) is 39.0 Å². The lowest BCUT2D eigenvalue weighted by atomic mass is 9.94. The van der Waals surface area contributed by atoms with Gasteiger partial charge in [-0.25, -0.2) is 4.79 Å². The van der Waals surface area contributed by atoms with Gasteiger partial charge in [0, 0.05) is 18.3 Å². The van der Waals surface area contributed by atoms with E-state index >= 15 is 0 Å². The topological polar surface area (TPSA) is 87.7 Å². The maximum atomic E-state index is 13.4. The van der Waals surface area contributed by atoms with Crippen molar-refractivity contribution in [3.63, 3.8) is 0 Å². The first-order valence-electron chi connectivity index (χ1n) is 10.7. The minimum absolute atomic E-state index is 0.0207. The van der Waals surface area contributed by atoms with Crippen LogP contribution >= 0.6 is 12.6 Å². The molecule has 7 nitrogen and oxygen atoms in total. The van der Waals surface area contributed by atoms with Gasteiger partial charge in [0.1, 0.15) is 17.7 Å². The number of thiol groups is 1. The SMILES string of the molecule is C#CN(C(=O)C(CS)NC(=O)OC(C)(C)C)C(C(=O)NCCCC)c1c(C)cccc1C. The fourth-order valence-electron chi connectivity index (χ4n) is 3.19. The molecular formula is C24H35N3O4S. The van der Waals surface area contributed by atoms with Crippen molar-refractivity contribution >= 4 is 30.5 Å². The number of amides is 3. The lowest BCUT2D eigenvalue weighted by Crippen LogP contribution is -2.52. The van der Waals surface area contributed by atoms with Crippen LogP contribution in [0.15, 0.2) is 18.2 Å². The Morgan fingerprint density at radius 3 is 2.28 bits per heavy atom. The highest BCUT2D eigenvalue weighted by Crippen LogP contribution is 2.28. The monoisotopic (exact) mass is 461 g/mol. The van der Waals surface area contributed by atoms with E-state index < -0.39 is 29.7 Å². The number of nitrogens with zero attached hydrogens (tertiary/aromatic N) is 1. The molecule has 2 atom stereocenters. The number of alkyl carbamates (subject to hydrolysis) is 1. The first-order valence-corrected chi connectivity index (χ1v) is 11.3. The zero-order valence-electron chi connectivity index (χ0n) is 19.8. The third-order valence-electron chi connectivity index (χ3n) is 4.70. The van der Waals surface area contributed by atoms with Crippen LogP contribution in [0.3, 0.4) is 0 Å². The molecule has 0 aliphatic rings. The van der Waals surface area contributed by atoms with E-state index in [1.54, 1.807) is 20.8 Å². The van der Waals surface area contributed by atoms with Crippen LogP contribution < -0.4 is 10.6 Å². The minimum Gasteiger partial charge on any atom is -0.444 e. The molecule has 0 aliphatic carbocycles. The molecule has 3 amide bonds. The number of carbonyl (C=O) groups excluding carboxylic acids is 3. The normalized spacial score (nSPS) is 12.8. The summed E-state index contributed by atoms with van der Waals surface area (Å²) in [5.41, 5.74) is 1.58. The lowest BCUT2D eigenvalue weighted by Gasteiger charge is -2.31. The molecule has 2 unspecified atom stereocenters. The maximum Gasteiger partial charge on any atom is 0.408 e. The van der Waals surface area contributed by atoms with E-state index in [2.05, 4.69) is 29.3 Å². The average Bonchev–Trinajstić information content (AvgIpc) is 2.69. The maximum absolute atomic E-state index is 13.4. The van der Waals surface area contributed by atoms with E-state index in [9.17, 15) is 14.4 Å². The molecule has 0 spiro atoms. The van der Waals surface area contributed by atoms with Crippen LogP contribution in [0.4, 0.5) is 4.79 Å². The predicted octanol–water partition coefficient (Wildman–Crippen LogP) is 3.50. The Bertz CT molecular complexity index is 838. The van der Waals surface area contributed by atoms with Crippen LogP contribution in [0.25, 0.3) is 0 Å². The van der Waals surface area contributed by atoms with Gasteiger partial charge in [0.2, 0.25) is 5.91 Å². The molecule has 1 aromatic rings. The molecule has 1 rings (SSSR count). The second-order valence-electron chi connectivity index (χ2n) is 8.57. The molecule has 0 saturated carbocycles. The Morgan fingerprint density at radius 1 is 1.22 bits per heavy atom. The third kappa shape index (κ3) is 7.79. The van der Waals surface area contributed by atoms with E-state index in [1.165, 1.54) is 0 Å². The summed E-state index contributed by atoms with van der Waals surface area (Å²) in [6.07, 6.45) is 6.68. The van der Waals surface area contributed by atoms with Crippen molar-refractivity contribution in [3.05, 3.63) is 34.9 Å². The molecule has 0 aliphatic heterocycles. The van der Waals surface area contributed by atoms with Crippen molar-refractivity contribution < 1.29 is 19.1 Å². The molecule has 0 fully saturated rings. The summed E-state index contributed by atoms with van der Waals surface area (Å²) in [4.78, 5) is 39.8. The molecule has 2 N–H and O–H groups in total. The van der Waals surface area contributed by atoms with Gasteiger partial charge in [-0.2, -0.15) is 12.6 Å². The van der Waals surface area contributed by atoms with E-state index in [0.717, 1.165) is 28.9 Å². The number of rotatable bonds is 9. The Balaban J connectivity index is 3.32. The van der Waals surface area contributed by atoms with Gasteiger partial charge in [0.25, 0.3) is 5.91 Å². The zero-order valence-corrected chi connectivity index (χ0v) is 20.7. The molecule has 0 saturated heterocycles. The Labute approximate surface area is 197 Å². The molecular weight excluding hydrogens is 426 g/mol. The first kappa shape index (κ1) is 27.4.